The molecule has 0 saturated heterocycles. The first kappa shape index (κ1) is 16.7. The maximum Gasteiger partial charge on any atom is 0.252 e. The lowest BCUT2D eigenvalue weighted by molar-refractivity contribution is -0.117. The standard InChI is InChI=1S/C16H15N3O3S/c17-14(20)7-9-19-15(21)12-5-1-2-6-13(12)23-16(22)11-4-3-8-18-10-11/h1-6,8,10H,7,9H2,(H2,17,20)(H,19,21). The summed E-state index contributed by atoms with van der Waals surface area (Å²) in [5.41, 5.74) is 5.87. The van der Waals surface area contributed by atoms with Crippen molar-refractivity contribution in [1.82, 2.24) is 10.3 Å². The van der Waals surface area contributed by atoms with Crippen LogP contribution in [0.15, 0.2) is 53.7 Å². The molecule has 1 aromatic heterocycles. The number of carbonyl (C=O) groups excluding carboxylic acids is 3. The highest BCUT2D eigenvalue weighted by Gasteiger charge is 2.15. The van der Waals surface area contributed by atoms with Crippen LogP contribution in [-0.2, 0) is 4.79 Å². The molecule has 1 aromatic carbocycles. The zero-order chi connectivity index (χ0) is 16.7. The van der Waals surface area contributed by atoms with Gasteiger partial charge in [-0.25, -0.2) is 0 Å². The number of nitrogens with zero attached hydrogens (tertiary/aromatic N) is 1. The summed E-state index contributed by atoms with van der Waals surface area (Å²) in [5.74, 6) is -0.840. The monoisotopic (exact) mass is 329 g/mol. The Morgan fingerprint density at radius 3 is 2.61 bits per heavy atom. The van der Waals surface area contributed by atoms with Crippen LogP contribution in [0.2, 0.25) is 0 Å². The van der Waals surface area contributed by atoms with Gasteiger partial charge in [0.2, 0.25) is 11.0 Å². The molecule has 0 unspecified atom stereocenters. The molecular formula is C16H15N3O3S. The molecule has 118 valence electrons. The van der Waals surface area contributed by atoms with Crippen molar-refractivity contribution in [2.45, 2.75) is 11.3 Å². The minimum atomic E-state index is -0.486. The zero-order valence-electron chi connectivity index (χ0n) is 12.2. The highest BCUT2D eigenvalue weighted by molar-refractivity contribution is 8.14. The third-order valence-electron chi connectivity index (χ3n) is 2.89. The van der Waals surface area contributed by atoms with Crippen molar-refractivity contribution in [3.05, 3.63) is 59.9 Å². The Morgan fingerprint density at radius 1 is 1.13 bits per heavy atom. The zero-order valence-corrected chi connectivity index (χ0v) is 13.0. The van der Waals surface area contributed by atoms with Crippen LogP contribution in [0.5, 0.6) is 0 Å². The van der Waals surface area contributed by atoms with Crippen molar-refractivity contribution < 1.29 is 14.4 Å². The number of hydrogen-bond acceptors (Lipinski definition) is 5. The number of pyridine rings is 1. The largest absolute Gasteiger partial charge is 0.370 e. The van der Waals surface area contributed by atoms with E-state index in [4.69, 9.17) is 5.73 Å². The SMILES string of the molecule is NC(=O)CCNC(=O)c1ccccc1SC(=O)c1cccnc1. The molecule has 1 heterocycles. The quantitative estimate of drug-likeness (QED) is 0.784. The Labute approximate surface area is 137 Å². The molecule has 2 rings (SSSR count). The van der Waals surface area contributed by atoms with Crippen LogP contribution < -0.4 is 11.1 Å². The van der Waals surface area contributed by atoms with E-state index in [0.717, 1.165) is 11.8 Å². The van der Waals surface area contributed by atoms with E-state index in [9.17, 15) is 14.4 Å². The number of carbonyl (C=O) groups is 3. The van der Waals surface area contributed by atoms with Gasteiger partial charge >= 0.3 is 0 Å². The summed E-state index contributed by atoms with van der Waals surface area (Å²) in [6.45, 7) is 0.156. The van der Waals surface area contributed by atoms with Gasteiger partial charge in [-0.15, -0.1) is 0 Å². The predicted molar refractivity (Wildman–Crippen MR) is 87.0 cm³/mol. The van der Waals surface area contributed by atoms with Crippen molar-refractivity contribution in [2.24, 2.45) is 5.73 Å². The molecule has 7 heteroatoms. The topological polar surface area (TPSA) is 102 Å². The summed E-state index contributed by atoms with van der Waals surface area (Å²) in [6.07, 6.45) is 3.13. The Morgan fingerprint density at radius 2 is 1.91 bits per heavy atom. The molecule has 6 nitrogen and oxygen atoms in total. The maximum atomic E-state index is 12.2. The second kappa shape index (κ2) is 8.09. The van der Waals surface area contributed by atoms with Crippen LogP contribution in [0.4, 0.5) is 0 Å². The summed E-state index contributed by atoms with van der Waals surface area (Å²) < 4.78 is 0. The number of nitrogens with two attached hydrogens (primary N) is 1. The molecule has 2 aromatic rings. The Hall–Kier alpha value is -2.67. The smallest absolute Gasteiger partial charge is 0.252 e. The lowest BCUT2D eigenvalue weighted by atomic mass is 10.2. The highest BCUT2D eigenvalue weighted by atomic mass is 32.2. The number of amides is 2. The van der Waals surface area contributed by atoms with Crippen molar-refractivity contribution in [2.75, 3.05) is 6.54 Å². The number of rotatable bonds is 6. The number of thioether (sulfide) groups is 1. The average Bonchev–Trinajstić information content (AvgIpc) is 2.55. The lowest BCUT2D eigenvalue weighted by Crippen LogP contribution is -2.28. The molecule has 3 N–H and O–H groups in total. The first-order valence-corrected chi connectivity index (χ1v) is 7.67. The summed E-state index contributed by atoms with van der Waals surface area (Å²) in [5, 5.41) is 2.41. The maximum absolute atomic E-state index is 12.2. The molecule has 0 aliphatic carbocycles. The molecule has 0 saturated carbocycles. The molecule has 0 spiro atoms. The third-order valence-corrected chi connectivity index (χ3v) is 3.89. The number of benzene rings is 1. The van der Waals surface area contributed by atoms with Gasteiger partial charge < -0.3 is 11.1 Å². The summed E-state index contributed by atoms with van der Waals surface area (Å²) >= 11 is 0.960. The second-order valence-corrected chi connectivity index (χ2v) is 5.61. The normalized spacial score (nSPS) is 10.1. The predicted octanol–water partition coefficient (Wildman–Crippen LogP) is 1.62. The van der Waals surface area contributed by atoms with Gasteiger partial charge in [-0.3, -0.25) is 19.4 Å². The van der Waals surface area contributed by atoms with Gasteiger partial charge in [-0.1, -0.05) is 12.1 Å². The van der Waals surface area contributed by atoms with Crippen molar-refractivity contribution in [3.8, 4) is 0 Å². The van der Waals surface area contributed by atoms with Crippen molar-refractivity contribution >= 4 is 28.7 Å². The first-order chi connectivity index (χ1) is 11.1. The summed E-state index contributed by atoms with van der Waals surface area (Å²) in [6, 6.07) is 10.1. The van der Waals surface area contributed by atoms with Crippen molar-refractivity contribution in [3.63, 3.8) is 0 Å². The molecule has 0 radical (unpaired) electrons. The van der Waals surface area contributed by atoms with Gasteiger partial charge in [0.05, 0.1) is 5.56 Å². The van der Waals surface area contributed by atoms with Crippen LogP contribution in [0.1, 0.15) is 27.1 Å². The van der Waals surface area contributed by atoms with E-state index in [0.29, 0.717) is 16.0 Å². The second-order valence-electron chi connectivity index (χ2n) is 4.60. The van der Waals surface area contributed by atoms with E-state index >= 15 is 0 Å². The molecular weight excluding hydrogens is 314 g/mol. The van der Waals surface area contributed by atoms with Crippen LogP contribution in [0, 0.1) is 0 Å². The van der Waals surface area contributed by atoms with Gasteiger partial charge in [-0.05, 0) is 36.0 Å². The van der Waals surface area contributed by atoms with Gasteiger partial charge in [-0.2, -0.15) is 0 Å². The molecule has 0 aliphatic heterocycles. The third kappa shape index (κ3) is 4.93. The van der Waals surface area contributed by atoms with E-state index < -0.39 is 5.91 Å². The van der Waals surface area contributed by atoms with E-state index in [2.05, 4.69) is 10.3 Å². The van der Waals surface area contributed by atoms with Gasteiger partial charge in [0, 0.05) is 35.8 Å². The molecule has 0 aliphatic rings. The average molecular weight is 329 g/mol. The fourth-order valence-electron chi connectivity index (χ4n) is 1.78. The molecule has 23 heavy (non-hydrogen) atoms. The molecule has 0 atom stereocenters. The van der Waals surface area contributed by atoms with Gasteiger partial charge in [0.25, 0.3) is 5.91 Å². The Balaban J connectivity index is 2.09. The van der Waals surface area contributed by atoms with Crippen molar-refractivity contribution in [1.29, 1.82) is 0 Å². The number of aromatic nitrogens is 1. The minimum Gasteiger partial charge on any atom is -0.370 e. The molecule has 0 bridgehead atoms. The Bertz CT molecular complexity index is 720. The summed E-state index contributed by atoms with van der Waals surface area (Å²) in [4.78, 5) is 39.5. The summed E-state index contributed by atoms with van der Waals surface area (Å²) in [7, 11) is 0. The highest BCUT2D eigenvalue weighted by Crippen LogP contribution is 2.26. The van der Waals surface area contributed by atoms with Gasteiger partial charge in [0.1, 0.15) is 0 Å². The molecule has 0 fully saturated rings. The Kier molecular flexibility index (Phi) is 5.87. The molecule has 2 amide bonds. The van der Waals surface area contributed by atoms with E-state index in [1.807, 2.05) is 0 Å². The fraction of sp³-hybridized carbons (Fsp3) is 0.125. The van der Waals surface area contributed by atoms with Crippen LogP contribution in [0.25, 0.3) is 0 Å². The first-order valence-electron chi connectivity index (χ1n) is 6.85. The number of primary amides is 1. The lowest BCUT2D eigenvalue weighted by Gasteiger charge is -2.08. The fourth-order valence-corrected chi connectivity index (χ4v) is 2.64. The van der Waals surface area contributed by atoms with Crippen LogP contribution >= 0.6 is 11.8 Å². The van der Waals surface area contributed by atoms with E-state index in [1.54, 1.807) is 42.6 Å². The van der Waals surface area contributed by atoms with E-state index in [1.165, 1.54) is 6.20 Å². The number of nitrogens with one attached hydrogen (secondary N) is 1. The van der Waals surface area contributed by atoms with Gasteiger partial charge in [0.15, 0.2) is 0 Å². The number of hydrogen-bond donors (Lipinski definition) is 2. The van der Waals surface area contributed by atoms with E-state index in [-0.39, 0.29) is 24.0 Å². The van der Waals surface area contributed by atoms with Crippen LogP contribution in [-0.4, -0.2) is 28.5 Å². The minimum absolute atomic E-state index is 0.0651. The van der Waals surface area contributed by atoms with Crippen LogP contribution in [0.3, 0.4) is 0 Å².